The quantitative estimate of drug-likeness (QED) is 0.756. The molecule has 20 heavy (non-hydrogen) atoms. The lowest BCUT2D eigenvalue weighted by atomic mass is 9.88. The van der Waals surface area contributed by atoms with Crippen molar-refractivity contribution in [3.8, 4) is 0 Å². The average Bonchev–Trinajstić information content (AvgIpc) is 2.78. The van der Waals surface area contributed by atoms with E-state index in [0.29, 0.717) is 0 Å². The van der Waals surface area contributed by atoms with Gasteiger partial charge in [0.2, 0.25) is 0 Å². The minimum absolute atomic E-state index is 0.0377. The van der Waals surface area contributed by atoms with Crippen LogP contribution in [0, 0.1) is 5.41 Å². The van der Waals surface area contributed by atoms with Crippen molar-refractivity contribution in [2.45, 2.75) is 52.6 Å². The molecule has 4 nitrogen and oxygen atoms in total. The van der Waals surface area contributed by atoms with Crippen LogP contribution in [0.3, 0.4) is 0 Å². The van der Waals surface area contributed by atoms with E-state index in [2.05, 4.69) is 37.5 Å². The van der Waals surface area contributed by atoms with Gasteiger partial charge in [-0.1, -0.05) is 26.8 Å². The number of rotatable bonds is 6. The van der Waals surface area contributed by atoms with Crippen LogP contribution in [-0.2, 0) is 6.42 Å². The van der Waals surface area contributed by atoms with Gasteiger partial charge in [-0.2, -0.15) is 0 Å². The number of hydrogen-bond acceptors (Lipinski definition) is 3. The van der Waals surface area contributed by atoms with Gasteiger partial charge in [0.15, 0.2) is 0 Å². The first-order chi connectivity index (χ1) is 9.30. The molecule has 114 valence electrons. The Morgan fingerprint density at radius 2 is 2.10 bits per heavy atom. The Balaban J connectivity index is 2.37. The second kappa shape index (κ2) is 7.64. The van der Waals surface area contributed by atoms with Crippen molar-refractivity contribution in [2.75, 3.05) is 6.61 Å². The molecule has 0 bridgehead atoms. The second-order valence-electron chi connectivity index (χ2n) is 6.45. The summed E-state index contributed by atoms with van der Waals surface area (Å²) in [4.78, 5) is 13.2. The van der Waals surface area contributed by atoms with Crippen molar-refractivity contribution < 1.29 is 9.90 Å². The lowest BCUT2D eigenvalue weighted by molar-refractivity contribution is 0.189. The maximum atomic E-state index is 11.9. The third-order valence-corrected chi connectivity index (χ3v) is 3.78. The Hall–Kier alpha value is -1.07. The highest BCUT2D eigenvalue weighted by molar-refractivity contribution is 7.09. The van der Waals surface area contributed by atoms with Gasteiger partial charge in [-0.3, -0.25) is 0 Å². The number of carbonyl (C=O) groups is 1. The fourth-order valence-corrected chi connectivity index (χ4v) is 2.97. The molecule has 1 aromatic heterocycles. The van der Waals surface area contributed by atoms with Crippen LogP contribution in [0.1, 0.15) is 39.0 Å². The molecule has 0 aliphatic heterocycles. The second-order valence-corrected chi connectivity index (χ2v) is 7.48. The highest BCUT2D eigenvalue weighted by Crippen LogP contribution is 2.20. The minimum atomic E-state index is -0.211. The monoisotopic (exact) mass is 298 g/mol. The predicted octanol–water partition coefficient (Wildman–Crippen LogP) is 2.78. The van der Waals surface area contributed by atoms with E-state index >= 15 is 0 Å². The summed E-state index contributed by atoms with van der Waals surface area (Å²) in [5, 5.41) is 17.1. The minimum Gasteiger partial charge on any atom is -0.394 e. The van der Waals surface area contributed by atoms with Crippen molar-refractivity contribution in [1.82, 2.24) is 10.6 Å². The molecule has 0 radical (unpaired) electrons. The van der Waals surface area contributed by atoms with Crippen molar-refractivity contribution in [3.63, 3.8) is 0 Å². The molecule has 3 N–H and O–H groups in total. The smallest absolute Gasteiger partial charge is 0.315 e. The van der Waals surface area contributed by atoms with Crippen LogP contribution < -0.4 is 10.6 Å². The normalized spacial score (nSPS) is 14.7. The number of thiophene rings is 1. The lowest BCUT2D eigenvalue weighted by Crippen LogP contribution is -2.48. The molecule has 0 fully saturated rings. The molecule has 1 aromatic rings. The average molecular weight is 298 g/mol. The third kappa shape index (κ3) is 6.91. The van der Waals surface area contributed by atoms with Gasteiger partial charge in [0, 0.05) is 17.3 Å². The highest BCUT2D eigenvalue weighted by atomic mass is 32.1. The third-order valence-electron chi connectivity index (χ3n) is 2.88. The molecule has 0 saturated carbocycles. The molecule has 0 aliphatic rings. The van der Waals surface area contributed by atoms with Crippen molar-refractivity contribution in [1.29, 1.82) is 0 Å². The van der Waals surface area contributed by atoms with Gasteiger partial charge >= 0.3 is 6.03 Å². The maximum Gasteiger partial charge on any atom is 0.315 e. The first kappa shape index (κ1) is 17.0. The zero-order chi connectivity index (χ0) is 15.2. The van der Waals surface area contributed by atoms with Crippen LogP contribution in [-0.4, -0.2) is 29.8 Å². The molecule has 0 aliphatic carbocycles. The van der Waals surface area contributed by atoms with Crippen molar-refractivity contribution in [3.05, 3.63) is 22.4 Å². The van der Waals surface area contributed by atoms with Gasteiger partial charge in [-0.15, -0.1) is 11.3 Å². The molecular weight excluding hydrogens is 272 g/mol. The van der Waals surface area contributed by atoms with Crippen LogP contribution >= 0.6 is 11.3 Å². The van der Waals surface area contributed by atoms with E-state index in [0.717, 1.165) is 12.8 Å². The van der Waals surface area contributed by atoms with Gasteiger partial charge in [0.25, 0.3) is 0 Å². The van der Waals surface area contributed by atoms with Crippen LogP contribution in [0.5, 0.6) is 0 Å². The van der Waals surface area contributed by atoms with Gasteiger partial charge in [0.05, 0.1) is 12.6 Å². The zero-order valence-corrected chi connectivity index (χ0v) is 13.6. The Kier molecular flexibility index (Phi) is 6.49. The van der Waals surface area contributed by atoms with E-state index in [4.69, 9.17) is 0 Å². The van der Waals surface area contributed by atoms with E-state index in [9.17, 15) is 9.90 Å². The number of hydrogen-bond donors (Lipinski definition) is 3. The largest absolute Gasteiger partial charge is 0.394 e. The molecule has 1 rings (SSSR count). The van der Waals surface area contributed by atoms with Gasteiger partial charge in [0.1, 0.15) is 0 Å². The molecule has 0 saturated heterocycles. The van der Waals surface area contributed by atoms with Crippen LogP contribution in [0.2, 0.25) is 0 Å². The molecule has 0 aromatic carbocycles. The summed E-state index contributed by atoms with van der Waals surface area (Å²) in [6.45, 7) is 8.22. The Morgan fingerprint density at radius 3 is 2.60 bits per heavy atom. The molecule has 2 unspecified atom stereocenters. The maximum absolute atomic E-state index is 11.9. The van der Waals surface area contributed by atoms with Gasteiger partial charge in [-0.05, 0) is 30.2 Å². The number of nitrogens with one attached hydrogen (secondary N) is 2. The summed E-state index contributed by atoms with van der Waals surface area (Å²) in [5.74, 6) is 0. The summed E-state index contributed by atoms with van der Waals surface area (Å²) < 4.78 is 0. The number of aliphatic hydroxyl groups is 1. The summed E-state index contributed by atoms with van der Waals surface area (Å²) in [5.41, 5.74) is 0.0727. The molecule has 0 spiro atoms. The summed E-state index contributed by atoms with van der Waals surface area (Å²) in [7, 11) is 0. The topological polar surface area (TPSA) is 61.4 Å². The fourth-order valence-electron chi connectivity index (χ4n) is 2.13. The number of carbonyl (C=O) groups excluding carboxylic acids is 1. The molecule has 2 atom stereocenters. The van der Waals surface area contributed by atoms with Gasteiger partial charge in [-0.25, -0.2) is 4.79 Å². The fraction of sp³-hybridized carbons (Fsp3) is 0.667. The Bertz CT molecular complexity index is 399. The number of urea groups is 1. The zero-order valence-electron chi connectivity index (χ0n) is 12.8. The Morgan fingerprint density at radius 1 is 1.40 bits per heavy atom. The van der Waals surface area contributed by atoms with E-state index < -0.39 is 0 Å². The predicted molar refractivity (Wildman–Crippen MR) is 84.1 cm³/mol. The van der Waals surface area contributed by atoms with Crippen LogP contribution in [0.4, 0.5) is 4.79 Å². The lowest BCUT2D eigenvalue weighted by Gasteiger charge is -2.26. The molecule has 1 heterocycles. The van der Waals surface area contributed by atoms with Gasteiger partial charge < -0.3 is 15.7 Å². The Labute approximate surface area is 125 Å². The molecular formula is C15H26N2O2S. The first-order valence-electron chi connectivity index (χ1n) is 7.00. The summed E-state index contributed by atoms with van der Waals surface area (Å²) in [6.07, 6.45) is 1.57. The number of aliphatic hydroxyl groups excluding tert-OH is 1. The molecule has 5 heteroatoms. The van der Waals surface area contributed by atoms with E-state index in [1.807, 2.05) is 18.4 Å². The number of amides is 2. The van der Waals surface area contributed by atoms with Crippen LogP contribution in [0.25, 0.3) is 0 Å². The summed E-state index contributed by atoms with van der Waals surface area (Å²) >= 11 is 1.69. The standard InChI is InChI=1S/C15H26N2O2S/c1-11(8-13-6-5-7-20-13)16-14(19)17-12(10-18)9-15(2,3)4/h5-7,11-12,18H,8-10H2,1-4H3,(H2,16,17,19). The highest BCUT2D eigenvalue weighted by Gasteiger charge is 2.20. The van der Waals surface area contributed by atoms with Crippen LogP contribution in [0.15, 0.2) is 17.5 Å². The van der Waals surface area contributed by atoms with E-state index in [1.165, 1.54) is 4.88 Å². The summed E-state index contributed by atoms with van der Waals surface area (Å²) in [6, 6.07) is 3.73. The first-order valence-corrected chi connectivity index (χ1v) is 7.88. The van der Waals surface area contributed by atoms with E-state index in [-0.39, 0.29) is 30.1 Å². The van der Waals surface area contributed by atoms with Crippen molar-refractivity contribution >= 4 is 17.4 Å². The molecule has 2 amide bonds. The SMILES string of the molecule is CC(Cc1cccs1)NC(=O)NC(CO)CC(C)(C)C. The van der Waals surface area contributed by atoms with Crippen molar-refractivity contribution in [2.24, 2.45) is 5.41 Å². The van der Waals surface area contributed by atoms with E-state index in [1.54, 1.807) is 11.3 Å².